The van der Waals surface area contributed by atoms with E-state index in [0.29, 0.717) is 17.3 Å². The van der Waals surface area contributed by atoms with Gasteiger partial charge in [-0.05, 0) is 73.3 Å². The fourth-order valence-corrected chi connectivity index (χ4v) is 4.72. The summed E-state index contributed by atoms with van der Waals surface area (Å²) in [6.45, 7) is 6.95. The zero-order valence-corrected chi connectivity index (χ0v) is 13.9. The van der Waals surface area contributed by atoms with E-state index < -0.39 is 5.60 Å². The van der Waals surface area contributed by atoms with Gasteiger partial charge in [-0.2, -0.15) is 0 Å². The van der Waals surface area contributed by atoms with E-state index in [1.165, 1.54) is 30.4 Å². The minimum absolute atomic E-state index is 0.399. The molecular formula is C20H30O. The van der Waals surface area contributed by atoms with Gasteiger partial charge in [0.25, 0.3) is 0 Å². The topological polar surface area (TPSA) is 20.2 Å². The average molecular weight is 286 g/mol. The van der Waals surface area contributed by atoms with Crippen molar-refractivity contribution in [2.75, 3.05) is 0 Å². The molecule has 1 aromatic rings. The summed E-state index contributed by atoms with van der Waals surface area (Å²) in [7, 11) is 0. The van der Waals surface area contributed by atoms with Crippen LogP contribution in [0.25, 0.3) is 0 Å². The molecule has 0 aliphatic heterocycles. The van der Waals surface area contributed by atoms with Crippen molar-refractivity contribution >= 4 is 0 Å². The first kappa shape index (κ1) is 15.1. The molecule has 0 aromatic heterocycles. The molecular weight excluding hydrogens is 256 g/mol. The standard InChI is InChI=1S/C20H30O/c1-15-13-19(2,3)11-12-20(15,21)14-17-9-6-8-16-7-4-5-10-18(16)17/h4-5,7,10,15,17,21H,6,8-9,11-14H2,1-3H3. The number of hydrogen-bond acceptors (Lipinski definition) is 1. The third kappa shape index (κ3) is 3.04. The van der Waals surface area contributed by atoms with Crippen molar-refractivity contribution in [3.05, 3.63) is 35.4 Å². The number of aliphatic hydroxyl groups is 1. The lowest BCUT2D eigenvalue weighted by molar-refractivity contribution is -0.0816. The lowest BCUT2D eigenvalue weighted by Crippen LogP contribution is -2.45. The van der Waals surface area contributed by atoms with E-state index >= 15 is 0 Å². The summed E-state index contributed by atoms with van der Waals surface area (Å²) in [5.74, 6) is 0.971. The number of benzene rings is 1. The van der Waals surface area contributed by atoms with Crippen LogP contribution in [0.15, 0.2) is 24.3 Å². The lowest BCUT2D eigenvalue weighted by atomic mass is 9.62. The molecule has 1 N–H and O–H groups in total. The highest BCUT2D eigenvalue weighted by Crippen LogP contribution is 2.49. The molecule has 1 saturated carbocycles. The Kier molecular flexibility index (Phi) is 3.90. The quantitative estimate of drug-likeness (QED) is 0.804. The van der Waals surface area contributed by atoms with Gasteiger partial charge in [0.2, 0.25) is 0 Å². The summed E-state index contributed by atoms with van der Waals surface area (Å²) in [5.41, 5.74) is 2.97. The molecule has 3 rings (SSSR count). The SMILES string of the molecule is CC1CC(C)(C)CCC1(O)CC1CCCc2ccccc21. The predicted molar refractivity (Wildman–Crippen MR) is 88.5 cm³/mol. The van der Waals surface area contributed by atoms with E-state index in [1.807, 2.05) is 0 Å². The maximum atomic E-state index is 11.2. The van der Waals surface area contributed by atoms with Gasteiger partial charge in [-0.1, -0.05) is 45.0 Å². The van der Waals surface area contributed by atoms with E-state index in [0.717, 1.165) is 25.7 Å². The second-order valence-corrected chi connectivity index (χ2v) is 8.37. The number of rotatable bonds is 2. The molecule has 2 aliphatic rings. The zero-order valence-electron chi connectivity index (χ0n) is 13.9. The molecule has 1 aromatic carbocycles. The fourth-order valence-electron chi connectivity index (χ4n) is 4.72. The maximum absolute atomic E-state index is 11.2. The molecule has 3 unspecified atom stereocenters. The van der Waals surface area contributed by atoms with Gasteiger partial charge in [0.15, 0.2) is 0 Å². The third-order valence-electron chi connectivity index (χ3n) is 6.10. The van der Waals surface area contributed by atoms with Crippen molar-refractivity contribution in [1.82, 2.24) is 0 Å². The normalized spacial score (nSPS) is 35.2. The first-order valence-corrected chi connectivity index (χ1v) is 8.70. The predicted octanol–water partition coefficient (Wildman–Crippen LogP) is 5.07. The molecule has 1 heteroatoms. The van der Waals surface area contributed by atoms with Gasteiger partial charge in [0.05, 0.1) is 5.60 Å². The summed E-state index contributed by atoms with van der Waals surface area (Å²) in [6.07, 6.45) is 7.97. The van der Waals surface area contributed by atoms with E-state index in [1.54, 1.807) is 0 Å². The Balaban J connectivity index is 1.78. The van der Waals surface area contributed by atoms with Crippen LogP contribution in [0.2, 0.25) is 0 Å². The summed E-state index contributed by atoms with van der Waals surface area (Å²) >= 11 is 0. The van der Waals surface area contributed by atoms with Crippen LogP contribution in [-0.4, -0.2) is 10.7 Å². The first-order valence-electron chi connectivity index (χ1n) is 8.70. The van der Waals surface area contributed by atoms with Crippen LogP contribution in [0.1, 0.15) is 76.3 Å². The Morgan fingerprint density at radius 3 is 2.71 bits per heavy atom. The first-order chi connectivity index (χ1) is 9.90. The van der Waals surface area contributed by atoms with Gasteiger partial charge >= 0.3 is 0 Å². The number of hydrogen-bond donors (Lipinski definition) is 1. The second kappa shape index (κ2) is 5.43. The van der Waals surface area contributed by atoms with Crippen molar-refractivity contribution < 1.29 is 5.11 Å². The van der Waals surface area contributed by atoms with Crippen LogP contribution in [0.4, 0.5) is 0 Å². The maximum Gasteiger partial charge on any atom is 0.0679 e. The molecule has 1 nitrogen and oxygen atoms in total. The van der Waals surface area contributed by atoms with E-state index in [2.05, 4.69) is 45.0 Å². The van der Waals surface area contributed by atoms with Gasteiger partial charge in [-0.25, -0.2) is 0 Å². The largest absolute Gasteiger partial charge is 0.390 e. The summed E-state index contributed by atoms with van der Waals surface area (Å²) in [6, 6.07) is 8.88. The van der Waals surface area contributed by atoms with Crippen molar-refractivity contribution in [1.29, 1.82) is 0 Å². The number of aryl methyl sites for hydroxylation is 1. The Hall–Kier alpha value is -0.820. The van der Waals surface area contributed by atoms with Crippen LogP contribution in [0, 0.1) is 11.3 Å². The highest BCUT2D eigenvalue weighted by atomic mass is 16.3. The van der Waals surface area contributed by atoms with Crippen molar-refractivity contribution in [2.45, 2.75) is 77.2 Å². The molecule has 0 amide bonds. The molecule has 3 atom stereocenters. The highest BCUT2D eigenvalue weighted by molar-refractivity contribution is 5.33. The van der Waals surface area contributed by atoms with E-state index in [-0.39, 0.29) is 0 Å². The molecule has 116 valence electrons. The van der Waals surface area contributed by atoms with Crippen LogP contribution in [0.5, 0.6) is 0 Å². The Morgan fingerprint density at radius 1 is 1.19 bits per heavy atom. The molecule has 21 heavy (non-hydrogen) atoms. The van der Waals surface area contributed by atoms with Crippen LogP contribution in [0.3, 0.4) is 0 Å². The summed E-state index contributed by atoms with van der Waals surface area (Å²) < 4.78 is 0. The van der Waals surface area contributed by atoms with Crippen molar-refractivity contribution in [3.63, 3.8) is 0 Å². The van der Waals surface area contributed by atoms with Crippen LogP contribution >= 0.6 is 0 Å². The van der Waals surface area contributed by atoms with Gasteiger partial charge < -0.3 is 5.11 Å². The molecule has 0 radical (unpaired) electrons. The number of fused-ring (bicyclic) bond motifs is 1. The van der Waals surface area contributed by atoms with Crippen LogP contribution in [-0.2, 0) is 6.42 Å². The van der Waals surface area contributed by atoms with Crippen LogP contribution < -0.4 is 0 Å². The molecule has 0 heterocycles. The Morgan fingerprint density at radius 2 is 1.95 bits per heavy atom. The highest BCUT2D eigenvalue weighted by Gasteiger charge is 2.44. The van der Waals surface area contributed by atoms with E-state index in [9.17, 15) is 5.11 Å². The molecule has 1 fully saturated rings. The van der Waals surface area contributed by atoms with Gasteiger partial charge in [0.1, 0.15) is 0 Å². The molecule has 0 spiro atoms. The zero-order chi connectivity index (χ0) is 15.1. The third-order valence-corrected chi connectivity index (χ3v) is 6.10. The van der Waals surface area contributed by atoms with Gasteiger partial charge in [0, 0.05) is 0 Å². The van der Waals surface area contributed by atoms with E-state index in [4.69, 9.17) is 0 Å². The Labute approximate surface area is 129 Å². The van der Waals surface area contributed by atoms with Crippen molar-refractivity contribution in [3.8, 4) is 0 Å². The average Bonchev–Trinajstić information content (AvgIpc) is 2.44. The van der Waals surface area contributed by atoms with Crippen molar-refractivity contribution in [2.24, 2.45) is 11.3 Å². The smallest absolute Gasteiger partial charge is 0.0679 e. The fraction of sp³-hybridized carbons (Fsp3) is 0.700. The van der Waals surface area contributed by atoms with Gasteiger partial charge in [-0.15, -0.1) is 0 Å². The second-order valence-electron chi connectivity index (χ2n) is 8.37. The van der Waals surface area contributed by atoms with Gasteiger partial charge in [-0.3, -0.25) is 0 Å². The minimum Gasteiger partial charge on any atom is -0.390 e. The molecule has 0 saturated heterocycles. The summed E-state index contributed by atoms with van der Waals surface area (Å²) in [5, 5.41) is 11.2. The Bertz CT molecular complexity index is 504. The molecule has 2 aliphatic carbocycles. The minimum atomic E-state index is -0.454. The lowest BCUT2D eigenvalue weighted by Gasteiger charge is -2.47. The monoisotopic (exact) mass is 286 g/mol. The summed E-state index contributed by atoms with van der Waals surface area (Å²) in [4.78, 5) is 0. The molecule has 0 bridgehead atoms.